The van der Waals surface area contributed by atoms with Gasteiger partial charge in [0.2, 0.25) is 0 Å². The molecule has 1 heterocycles. The van der Waals surface area contributed by atoms with Crippen LogP contribution < -0.4 is 5.56 Å². The van der Waals surface area contributed by atoms with Crippen LogP contribution in [0.5, 0.6) is 0 Å². The molecule has 0 amide bonds. The van der Waals surface area contributed by atoms with Crippen LogP contribution >= 0.6 is 0 Å². The van der Waals surface area contributed by atoms with Gasteiger partial charge in [-0.15, -0.1) is 0 Å². The van der Waals surface area contributed by atoms with Crippen LogP contribution in [0.3, 0.4) is 0 Å². The molecule has 1 saturated carbocycles. The second kappa shape index (κ2) is 7.63. The van der Waals surface area contributed by atoms with Gasteiger partial charge in [0.05, 0.1) is 11.3 Å². The number of nitriles is 1. The largest absolute Gasteiger partial charge is 0.417 e. The Morgan fingerprint density at radius 2 is 2.00 bits per heavy atom. The van der Waals surface area contributed by atoms with Crippen molar-refractivity contribution in [3.63, 3.8) is 0 Å². The lowest BCUT2D eigenvalue weighted by atomic mass is 9.89. The predicted molar refractivity (Wildman–Crippen MR) is 101 cm³/mol. The summed E-state index contributed by atoms with van der Waals surface area (Å²) in [5.41, 5.74) is -1.12. The standard InChI is InChI=1S/C21H20F3N3O/c1-13-6-5-8-15(10-13)19-11-17(21(22,23)24)16(12-25)20(28)27(19)26-18-9-4-3-7-14(18)2/h5-6,8,10-11,14H,3-4,7,9H2,1-2H3/b26-18-. The number of aryl methyl sites for hydroxylation is 1. The summed E-state index contributed by atoms with van der Waals surface area (Å²) in [5, 5.41) is 13.7. The van der Waals surface area contributed by atoms with E-state index in [1.165, 1.54) is 6.07 Å². The SMILES string of the molecule is Cc1cccc(-c2cc(C(F)(F)F)c(C#N)c(=O)n2/N=C2/CCCCC2C)c1. The average Bonchev–Trinajstić information content (AvgIpc) is 2.63. The Labute approximate surface area is 160 Å². The second-order valence-corrected chi connectivity index (χ2v) is 7.15. The van der Waals surface area contributed by atoms with Gasteiger partial charge < -0.3 is 0 Å². The Morgan fingerprint density at radius 3 is 2.61 bits per heavy atom. The van der Waals surface area contributed by atoms with Crippen LogP contribution in [0.15, 0.2) is 40.2 Å². The molecule has 1 aromatic heterocycles. The van der Waals surface area contributed by atoms with E-state index in [2.05, 4.69) is 5.10 Å². The minimum absolute atomic E-state index is 0.0327. The molecule has 7 heteroatoms. The molecule has 0 bridgehead atoms. The minimum Gasteiger partial charge on any atom is -0.266 e. The maximum absolute atomic E-state index is 13.5. The summed E-state index contributed by atoms with van der Waals surface area (Å²) < 4.78 is 41.5. The number of hydrogen-bond acceptors (Lipinski definition) is 3. The van der Waals surface area contributed by atoms with E-state index >= 15 is 0 Å². The van der Waals surface area contributed by atoms with E-state index < -0.39 is 22.9 Å². The number of alkyl halides is 3. The molecular weight excluding hydrogens is 367 g/mol. The minimum atomic E-state index is -4.81. The third-order valence-electron chi connectivity index (χ3n) is 5.03. The van der Waals surface area contributed by atoms with Crippen LogP contribution in [-0.4, -0.2) is 10.4 Å². The fourth-order valence-corrected chi connectivity index (χ4v) is 3.49. The van der Waals surface area contributed by atoms with Crippen molar-refractivity contribution in [2.75, 3.05) is 0 Å². The summed E-state index contributed by atoms with van der Waals surface area (Å²) in [5.74, 6) is 0.138. The zero-order valence-electron chi connectivity index (χ0n) is 15.7. The fourth-order valence-electron chi connectivity index (χ4n) is 3.49. The zero-order valence-corrected chi connectivity index (χ0v) is 15.7. The van der Waals surface area contributed by atoms with Crippen LogP contribution in [0.2, 0.25) is 0 Å². The summed E-state index contributed by atoms with van der Waals surface area (Å²) in [4.78, 5) is 12.9. The molecule has 1 fully saturated rings. The lowest BCUT2D eigenvalue weighted by molar-refractivity contribution is -0.137. The van der Waals surface area contributed by atoms with E-state index in [1.54, 1.807) is 18.2 Å². The molecule has 1 aromatic carbocycles. The number of nitrogens with zero attached hydrogens (tertiary/aromatic N) is 3. The molecule has 1 aliphatic rings. The molecule has 4 nitrogen and oxygen atoms in total. The Bertz CT molecular complexity index is 1030. The summed E-state index contributed by atoms with van der Waals surface area (Å²) in [6.45, 7) is 3.81. The summed E-state index contributed by atoms with van der Waals surface area (Å²) in [7, 11) is 0. The van der Waals surface area contributed by atoms with Gasteiger partial charge in [0.15, 0.2) is 0 Å². The molecular formula is C21H20F3N3O. The molecule has 1 unspecified atom stereocenters. The maximum Gasteiger partial charge on any atom is 0.417 e. The summed E-state index contributed by atoms with van der Waals surface area (Å²) in [6.07, 6.45) is -1.24. The molecule has 0 spiro atoms. The van der Waals surface area contributed by atoms with Crippen molar-refractivity contribution in [2.45, 2.75) is 45.7 Å². The molecule has 0 N–H and O–H groups in total. The van der Waals surface area contributed by atoms with Gasteiger partial charge in [-0.05, 0) is 44.2 Å². The van der Waals surface area contributed by atoms with E-state index in [9.17, 15) is 23.2 Å². The number of aromatic nitrogens is 1. The monoisotopic (exact) mass is 387 g/mol. The summed E-state index contributed by atoms with van der Waals surface area (Å²) in [6, 6.07) is 9.13. The van der Waals surface area contributed by atoms with Crippen LogP contribution in [0.1, 0.15) is 49.3 Å². The highest BCUT2D eigenvalue weighted by molar-refractivity contribution is 5.87. The number of rotatable bonds is 2. The van der Waals surface area contributed by atoms with Crippen molar-refractivity contribution in [2.24, 2.45) is 11.0 Å². The van der Waals surface area contributed by atoms with E-state index in [0.29, 0.717) is 12.0 Å². The van der Waals surface area contributed by atoms with Crippen LogP contribution in [0.25, 0.3) is 11.3 Å². The van der Waals surface area contributed by atoms with Gasteiger partial charge in [0.25, 0.3) is 5.56 Å². The molecule has 2 aromatic rings. The van der Waals surface area contributed by atoms with Crippen LogP contribution in [0.4, 0.5) is 13.2 Å². The molecule has 0 aliphatic heterocycles. The molecule has 1 aliphatic carbocycles. The van der Waals surface area contributed by atoms with Crippen molar-refractivity contribution in [1.29, 1.82) is 5.26 Å². The number of hydrogen-bond donors (Lipinski definition) is 0. The Balaban J connectivity index is 2.35. The fraction of sp³-hybridized carbons (Fsp3) is 0.381. The lowest BCUT2D eigenvalue weighted by Crippen LogP contribution is -2.28. The van der Waals surface area contributed by atoms with E-state index in [1.807, 2.05) is 19.9 Å². The molecule has 28 heavy (non-hydrogen) atoms. The Kier molecular flexibility index (Phi) is 5.41. The molecule has 0 radical (unpaired) electrons. The van der Waals surface area contributed by atoms with Gasteiger partial charge >= 0.3 is 6.18 Å². The van der Waals surface area contributed by atoms with E-state index in [4.69, 9.17) is 0 Å². The van der Waals surface area contributed by atoms with E-state index in [0.717, 1.165) is 41.3 Å². The molecule has 1 atom stereocenters. The van der Waals surface area contributed by atoms with Gasteiger partial charge in [-0.1, -0.05) is 37.1 Å². The van der Waals surface area contributed by atoms with Crippen LogP contribution in [0, 0.1) is 24.2 Å². The lowest BCUT2D eigenvalue weighted by Gasteiger charge is -2.21. The van der Waals surface area contributed by atoms with E-state index in [-0.39, 0.29) is 11.6 Å². The van der Waals surface area contributed by atoms with Gasteiger partial charge in [-0.3, -0.25) is 4.79 Å². The Morgan fingerprint density at radius 1 is 1.25 bits per heavy atom. The smallest absolute Gasteiger partial charge is 0.266 e. The maximum atomic E-state index is 13.5. The number of halogens is 3. The van der Waals surface area contributed by atoms with Gasteiger partial charge in [-0.2, -0.15) is 28.2 Å². The summed E-state index contributed by atoms with van der Waals surface area (Å²) >= 11 is 0. The van der Waals surface area contributed by atoms with Crippen molar-refractivity contribution in [3.05, 3.63) is 57.4 Å². The molecule has 3 rings (SSSR count). The van der Waals surface area contributed by atoms with Crippen molar-refractivity contribution < 1.29 is 13.2 Å². The van der Waals surface area contributed by atoms with Crippen LogP contribution in [-0.2, 0) is 6.18 Å². The normalized spacial score (nSPS) is 18.9. The predicted octanol–water partition coefficient (Wildman–Crippen LogP) is 5.13. The van der Waals surface area contributed by atoms with Gasteiger partial charge in [0.1, 0.15) is 11.6 Å². The zero-order chi connectivity index (χ0) is 20.5. The van der Waals surface area contributed by atoms with Crippen molar-refractivity contribution >= 4 is 5.71 Å². The second-order valence-electron chi connectivity index (χ2n) is 7.15. The third-order valence-corrected chi connectivity index (χ3v) is 5.03. The average molecular weight is 387 g/mol. The molecule has 0 saturated heterocycles. The first kappa shape index (κ1) is 19.9. The Hall–Kier alpha value is -2.88. The third kappa shape index (κ3) is 3.86. The highest BCUT2D eigenvalue weighted by Crippen LogP contribution is 2.34. The van der Waals surface area contributed by atoms with Gasteiger partial charge in [-0.25, -0.2) is 0 Å². The highest BCUT2D eigenvalue weighted by atomic mass is 19.4. The van der Waals surface area contributed by atoms with Gasteiger partial charge in [0, 0.05) is 11.3 Å². The first-order valence-corrected chi connectivity index (χ1v) is 9.14. The topological polar surface area (TPSA) is 58.1 Å². The molecule has 146 valence electrons. The quantitative estimate of drug-likeness (QED) is 0.717. The number of benzene rings is 1. The van der Waals surface area contributed by atoms with Crippen molar-refractivity contribution in [1.82, 2.24) is 4.68 Å². The highest BCUT2D eigenvalue weighted by Gasteiger charge is 2.36. The van der Waals surface area contributed by atoms with Crippen molar-refractivity contribution in [3.8, 4) is 17.3 Å². The first-order valence-electron chi connectivity index (χ1n) is 9.14. The number of pyridine rings is 1. The first-order chi connectivity index (χ1) is 13.2.